The number of carbonyl (C=O) groups is 1. The Bertz CT molecular complexity index is 776. The molecule has 2 N–H and O–H groups in total. The molecule has 0 aromatic carbocycles. The fourth-order valence-corrected chi connectivity index (χ4v) is 3.59. The minimum atomic E-state index is -0.346. The summed E-state index contributed by atoms with van der Waals surface area (Å²) in [6, 6.07) is 9.46. The van der Waals surface area contributed by atoms with E-state index >= 15 is 0 Å². The second kappa shape index (κ2) is 6.33. The molecule has 0 aliphatic heterocycles. The van der Waals surface area contributed by atoms with Crippen LogP contribution >= 0.6 is 38.6 Å². The molecule has 0 fully saturated rings. The third kappa shape index (κ3) is 3.46. The van der Waals surface area contributed by atoms with Gasteiger partial charge in [-0.05, 0) is 45.6 Å². The molecule has 8 heteroatoms. The number of hydrogen-bond acceptors (Lipinski definition) is 5. The molecule has 3 heterocycles. The lowest BCUT2D eigenvalue weighted by molar-refractivity contribution is 0.0950. The van der Waals surface area contributed by atoms with Crippen LogP contribution < -0.4 is 5.43 Å². The molecule has 0 spiro atoms. The highest BCUT2D eigenvalue weighted by Crippen LogP contribution is 2.23. The fraction of sp³-hybridized carbons (Fsp3) is 0. The predicted octanol–water partition coefficient (Wildman–Crippen LogP) is 3.73. The molecule has 106 valence electrons. The molecule has 0 unspecified atom stereocenters. The Morgan fingerprint density at radius 3 is 3.05 bits per heavy atom. The van der Waals surface area contributed by atoms with Crippen LogP contribution in [-0.2, 0) is 0 Å². The summed E-state index contributed by atoms with van der Waals surface area (Å²) in [7, 11) is 0. The van der Waals surface area contributed by atoms with Gasteiger partial charge in [0.2, 0.25) is 0 Å². The van der Waals surface area contributed by atoms with Crippen LogP contribution in [0.4, 0.5) is 0 Å². The number of halogens is 1. The van der Waals surface area contributed by atoms with Gasteiger partial charge in [0, 0.05) is 4.88 Å². The summed E-state index contributed by atoms with van der Waals surface area (Å²) in [6.07, 6.45) is 1.60. The Labute approximate surface area is 136 Å². The van der Waals surface area contributed by atoms with Crippen molar-refractivity contribution in [3.05, 3.63) is 50.1 Å². The zero-order valence-electron chi connectivity index (χ0n) is 10.5. The Morgan fingerprint density at radius 1 is 1.43 bits per heavy atom. The standard InChI is InChI=1S/C13H9BrN4OS2/c14-12-4-3-8(21-12)7-15-18-13(19)10-6-9(16-17-10)11-2-1-5-20-11/h1-7H,(H,16,17)(H,18,19). The number of thiophene rings is 2. The maximum Gasteiger partial charge on any atom is 0.291 e. The molecule has 5 nitrogen and oxygen atoms in total. The lowest BCUT2D eigenvalue weighted by Gasteiger charge is -1.93. The van der Waals surface area contributed by atoms with Crippen molar-refractivity contribution in [2.24, 2.45) is 5.10 Å². The lowest BCUT2D eigenvalue weighted by atomic mass is 10.3. The van der Waals surface area contributed by atoms with Gasteiger partial charge in [0.25, 0.3) is 5.91 Å². The van der Waals surface area contributed by atoms with Crippen molar-refractivity contribution in [1.82, 2.24) is 15.6 Å². The van der Waals surface area contributed by atoms with E-state index in [2.05, 4.69) is 36.7 Å². The quantitative estimate of drug-likeness (QED) is 0.534. The van der Waals surface area contributed by atoms with Crippen LogP contribution in [0.1, 0.15) is 15.4 Å². The van der Waals surface area contributed by atoms with Gasteiger partial charge in [-0.25, -0.2) is 5.43 Å². The highest BCUT2D eigenvalue weighted by atomic mass is 79.9. The van der Waals surface area contributed by atoms with Gasteiger partial charge in [-0.2, -0.15) is 10.2 Å². The van der Waals surface area contributed by atoms with E-state index < -0.39 is 0 Å². The number of amides is 1. The number of rotatable bonds is 4. The van der Waals surface area contributed by atoms with E-state index in [9.17, 15) is 4.79 Å². The molecule has 0 saturated carbocycles. The number of nitrogens with zero attached hydrogens (tertiary/aromatic N) is 2. The Balaban J connectivity index is 1.64. The summed E-state index contributed by atoms with van der Waals surface area (Å²) in [6.45, 7) is 0. The number of hydrazone groups is 1. The van der Waals surface area contributed by atoms with Crippen molar-refractivity contribution in [1.29, 1.82) is 0 Å². The van der Waals surface area contributed by atoms with Gasteiger partial charge in [0.15, 0.2) is 5.69 Å². The summed E-state index contributed by atoms with van der Waals surface area (Å²) < 4.78 is 1.02. The molecule has 21 heavy (non-hydrogen) atoms. The maximum absolute atomic E-state index is 11.9. The molecule has 0 radical (unpaired) electrons. The third-order valence-electron chi connectivity index (χ3n) is 2.55. The lowest BCUT2D eigenvalue weighted by Crippen LogP contribution is -2.17. The average Bonchev–Trinajstić information content (AvgIpc) is 3.19. The topological polar surface area (TPSA) is 70.1 Å². The second-order valence-electron chi connectivity index (χ2n) is 3.99. The second-order valence-corrected chi connectivity index (χ2v) is 7.43. The van der Waals surface area contributed by atoms with Crippen LogP contribution in [0, 0.1) is 0 Å². The van der Waals surface area contributed by atoms with Gasteiger partial charge < -0.3 is 0 Å². The van der Waals surface area contributed by atoms with E-state index in [4.69, 9.17) is 0 Å². The van der Waals surface area contributed by atoms with E-state index in [1.54, 1.807) is 23.6 Å². The molecule has 3 aromatic heterocycles. The number of aromatic nitrogens is 2. The van der Waals surface area contributed by atoms with Gasteiger partial charge in [-0.3, -0.25) is 9.89 Å². The molecule has 3 aromatic rings. The first kappa shape index (κ1) is 14.2. The predicted molar refractivity (Wildman–Crippen MR) is 89.0 cm³/mol. The molecular formula is C13H9BrN4OS2. The molecule has 1 amide bonds. The SMILES string of the molecule is O=C(NN=Cc1ccc(Br)s1)c1cc(-c2cccs2)[nH]n1. The Morgan fingerprint density at radius 2 is 2.33 bits per heavy atom. The zero-order valence-corrected chi connectivity index (χ0v) is 13.8. The fourth-order valence-electron chi connectivity index (χ4n) is 1.61. The van der Waals surface area contributed by atoms with Crippen LogP contribution in [0.15, 0.2) is 44.6 Å². The summed E-state index contributed by atoms with van der Waals surface area (Å²) in [5, 5.41) is 12.7. The van der Waals surface area contributed by atoms with Crippen molar-refractivity contribution in [3.8, 4) is 10.6 Å². The van der Waals surface area contributed by atoms with Crippen LogP contribution in [0.25, 0.3) is 10.6 Å². The van der Waals surface area contributed by atoms with E-state index in [-0.39, 0.29) is 5.91 Å². The number of carbonyl (C=O) groups excluding carboxylic acids is 1. The summed E-state index contributed by atoms with van der Waals surface area (Å²) in [5.74, 6) is -0.346. The maximum atomic E-state index is 11.9. The van der Waals surface area contributed by atoms with E-state index in [0.717, 1.165) is 19.2 Å². The zero-order chi connectivity index (χ0) is 14.7. The van der Waals surface area contributed by atoms with Gasteiger partial charge in [-0.15, -0.1) is 22.7 Å². The van der Waals surface area contributed by atoms with E-state index in [1.807, 2.05) is 29.6 Å². The summed E-state index contributed by atoms with van der Waals surface area (Å²) >= 11 is 6.48. The first-order valence-corrected chi connectivity index (χ1v) is 8.39. The van der Waals surface area contributed by atoms with Gasteiger partial charge in [0.1, 0.15) is 0 Å². The number of nitrogens with one attached hydrogen (secondary N) is 2. The molecule has 0 aliphatic carbocycles. The molecule has 0 saturated heterocycles. The highest BCUT2D eigenvalue weighted by Gasteiger charge is 2.11. The first-order chi connectivity index (χ1) is 10.2. The Kier molecular flexibility index (Phi) is 4.28. The minimum absolute atomic E-state index is 0.308. The van der Waals surface area contributed by atoms with Crippen molar-refractivity contribution in [2.45, 2.75) is 0 Å². The molecular weight excluding hydrogens is 372 g/mol. The number of hydrogen-bond donors (Lipinski definition) is 2. The smallest absolute Gasteiger partial charge is 0.276 e. The van der Waals surface area contributed by atoms with Gasteiger partial charge in [0.05, 0.1) is 20.6 Å². The van der Waals surface area contributed by atoms with Crippen molar-refractivity contribution >= 4 is 50.7 Å². The molecule has 0 aliphatic rings. The molecule has 0 atom stereocenters. The van der Waals surface area contributed by atoms with Crippen molar-refractivity contribution in [2.75, 3.05) is 0 Å². The van der Waals surface area contributed by atoms with Crippen LogP contribution in [0.3, 0.4) is 0 Å². The average molecular weight is 381 g/mol. The van der Waals surface area contributed by atoms with E-state index in [1.165, 1.54) is 11.3 Å². The van der Waals surface area contributed by atoms with Gasteiger partial charge in [-0.1, -0.05) is 6.07 Å². The third-order valence-corrected chi connectivity index (χ3v) is 5.01. The highest BCUT2D eigenvalue weighted by molar-refractivity contribution is 9.11. The minimum Gasteiger partial charge on any atom is -0.276 e. The van der Waals surface area contributed by atoms with Crippen LogP contribution in [0.2, 0.25) is 0 Å². The number of aromatic amines is 1. The monoisotopic (exact) mass is 380 g/mol. The summed E-state index contributed by atoms with van der Waals surface area (Å²) in [4.78, 5) is 13.9. The van der Waals surface area contributed by atoms with Gasteiger partial charge >= 0.3 is 0 Å². The Hall–Kier alpha value is -1.77. The van der Waals surface area contributed by atoms with Crippen LogP contribution in [0.5, 0.6) is 0 Å². The first-order valence-electron chi connectivity index (χ1n) is 5.90. The normalized spacial score (nSPS) is 11.1. The molecule has 3 rings (SSSR count). The molecule has 0 bridgehead atoms. The number of H-pyrrole nitrogens is 1. The van der Waals surface area contributed by atoms with Crippen molar-refractivity contribution in [3.63, 3.8) is 0 Å². The van der Waals surface area contributed by atoms with Crippen molar-refractivity contribution < 1.29 is 4.79 Å². The largest absolute Gasteiger partial charge is 0.291 e. The van der Waals surface area contributed by atoms with Crippen LogP contribution in [-0.4, -0.2) is 22.3 Å². The van der Waals surface area contributed by atoms with E-state index in [0.29, 0.717) is 5.69 Å². The summed E-state index contributed by atoms with van der Waals surface area (Å²) in [5.41, 5.74) is 3.59.